The molecule has 2 rings (SSSR count). The third-order valence-electron chi connectivity index (χ3n) is 3.07. The van der Waals surface area contributed by atoms with Crippen LogP contribution in [0, 0.1) is 5.92 Å². The number of nitrogens with one attached hydrogen (secondary N) is 2. The van der Waals surface area contributed by atoms with E-state index in [2.05, 4.69) is 15.3 Å². The number of ether oxygens (including phenoxy) is 1. The Kier molecular flexibility index (Phi) is 5.08. The fourth-order valence-electron chi connectivity index (χ4n) is 2.10. The molecule has 0 aliphatic rings. The van der Waals surface area contributed by atoms with E-state index in [1.807, 2.05) is 25.3 Å². The fourth-order valence-corrected chi connectivity index (χ4v) is 2.83. The van der Waals surface area contributed by atoms with Gasteiger partial charge in [0.25, 0.3) is 5.56 Å². The maximum atomic E-state index is 11.9. The van der Waals surface area contributed by atoms with E-state index in [9.17, 15) is 9.59 Å². The lowest BCUT2D eigenvalue weighted by atomic mass is 10.0. The molecule has 0 saturated heterocycles. The standard InChI is InChI=1S/C14H19N3O3S/c1-8(2)6-10(14(19)20-3)15-7-11-16-9-4-5-21-12(9)13(18)17-11/h4-5,8,10,15H,6-7H2,1-3H3,(H,16,17,18). The molecule has 2 N–H and O–H groups in total. The van der Waals surface area contributed by atoms with Crippen LogP contribution in [-0.2, 0) is 16.1 Å². The molecule has 2 aromatic rings. The van der Waals surface area contributed by atoms with Crippen molar-refractivity contribution >= 4 is 27.5 Å². The molecule has 0 amide bonds. The van der Waals surface area contributed by atoms with Crippen molar-refractivity contribution in [3.8, 4) is 0 Å². The SMILES string of the molecule is COC(=O)C(CC(C)C)NCc1nc2ccsc2c(=O)[nH]1. The molecule has 7 heteroatoms. The van der Waals surface area contributed by atoms with Crippen LogP contribution < -0.4 is 10.9 Å². The molecule has 0 radical (unpaired) electrons. The number of carbonyl (C=O) groups excluding carboxylic acids is 1. The Morgan fingerprint density at radius 2 is 2.29 bits per heavy atom. The van der Waals surface area contributed by atoms with Crippen molar-refractivity contribution in [2.24, 2.45) is 5.92 Å². The Bertz CT molecular complexity index is 677. The highest BCUT2D eigenvalue weighted by atomic mass is 32.1. The van der Waals surface area contributed by atoms with E-state index in [4.69, 9.17) is 4.74 Å². The van der Waals surface area contributed by atoms with Crippen molar-refractivity contribution in [3.05, 3.63) is 27.6 Å². The summed E-state index contributed by atoms with van der Waals surface area (Å²) in [4.78, 5) is 30.7. The number of rotatable bonds is 6. The number of hydrogen-bond acceptors (Lipinski definition) is 6. The summed E-state index contributed by atoms with van der Waals surface area (Å²) in [5, 5.41) is 4.93. The number of carbonyl (C=O) groups is 1. The first-order chi connectivity index (χ1) is 10.0. The van der Waals surface area contributed by atoms with Crippen molar-refractivity contribution in [1.29, 1.82) is 0 Å². The van der Waals surface area contributed by atoms with Gasteiger partial charge in [-0.3, -0.25) is 14.9 Å². The Labute approximate surface area is 126 Å². The highest BCUT2D eigenvalue weighted by molar-refractivity contribution is 7.17. The first kappa shape index (κ1) is 15.7. The van der Waals surface area contributed by atoms with E-state index in [0.29, 0.717) is 34.9 Å². The van der Waals surface area contributed by atoms with Crippen LogP contribution in [0.2, 0.25) is 0 Å². The van der Waals surface area contributed by atoms with Crippen molar-refractivity contribution in [3.63, 3.8) is 0 Å². The van der Waals surface area contributed by atoms with Gasteiger partial charge in [-0.1, -0.05) is 13.8 Å². The van der Waals surface area contributed by atoms with E-state index >= 15 is 0 Å². The van der Waals surface area contributed by atoms with Crippen LogP contribution in [-0.4, -0.2) is 29.1 Å². The molecule has 0 aliphatic heterocycles. The van der Waals surface area contributed by atoms with Gasteiger partial charge in [0.15, 0.2) is 0 Å². The zero-order valence-corrected chi connectivity index (χ0v) is 13.1. The minimum Gasteiger partial charge on any atom is -0.468 e. The smallest absolute Gasteiger partial charge is 0.322 e. The van der Waals surface area contributed by atoms with E-state index < -0.39 is 6.04 Å². The average molecular weight is 309 g/mol. The first-order valence-corrected chi connectivity index (χ1v) is 7.66. The normalized spacial score (nSPS) is 12.8. The molecule has 1 atom stereocenters. The van der Waals surface area contributed by atoms with Gasteiger partial charge in [-0.2, -0.15) is 0 Å². The molecular formula is C14H19N3O3S. The molecule has 114 valence electrons. The fraction of sp³-hybridized carbons (Fsp3) is 0.500. The van der Waals surface area contributed by atoms with Gasteiger partial charge < -0.3 is 9.72 Å². The molecule has 1 unspecified atom stereocenters. The Morgan fingerprint density at radius 1 is 1.52 bits per heavy atom. The number of hydrogen-bond donors (Lipinski definition) is 2. The summed E-state index contributed by atoms with van der Waals surface area (Å²) in [7, 11) is 1.37. The molecule has 0 aromatic carbocycles. The van der Waals surface area contributed by atoms with Crippen molar-refractivity contribution in [2.75, 3.05) is 7.11 Å². The van der Waals surface area contributed by atoms with Gasteiger partial charge in [0.2, 0.25) is 0 Å². The minimum absolute atomic E-state index is 0.148. The first-order valence-electron chi connectivity index (χ1n) is 6.79. The predicted octanol–water partition coefficient (Wildman–Crippen LogP) is 1.66. The second kappa shape index (κ2) is 6.82. The second-order valence-electron chi connectivity index (χ2n) is 5.23. The molecule has 0 saturated carbocycles. The van der Waals surface area contributed by atoms with Crippen LogP contribution in [0.1, 0.15) is 26.1 Å². The van der Waals surface area contributed by atoms with E-state index in [1.54, 1.807) is 0 Å². The van der Waals surface area contributed by atoms with Crippen LogP contribution in [0.25, 0.3) is 10.2 Å². The van der Waals surface area contributed by atoms with Gasteiger partial charge in [0, 0.05) is 0 Å². The molecule has 2 heterocycles. The lowest BCUT2D eigenvalue weighted by molar-refractivity contribution is -0.143. The number of aromatic amines is 1. The van der Waals surface area contributed by atoms with Gasteiger partial charge in [0.1, 0.15) is 16.6 Å². The van der Waals surface area contributed by atoms with Gasteiger partial charge in [-0.15, -0.1) is 11.3 Å². The lowest BCUT2D eigenvalue weighted by Gasteiger charge is -2.17. The predicted molar refractivity (Wildman–Crippen MR) is 82.3 cm³/mol. The monoisotopic (exact) mass is 309 g/mol. The van der Waals surface area contributed by atoms with Crippen LogP contribution in [0.4, 0.5) is 0 Å². The molecule has 0 spiro atoms. The Balaban J connectivity index is 2.11. The maximum Gasteiger partial charge on any atom is 0.322 e. The van der Waals surface area contributed by atoms with Crippen LogP contribution in [0.5, 0.6) is 0 Å². The van der Waals surface area contributed by atoms with Gasteiger partial charge in [0.05, 0.1) is 19.2 Å². The quantitative estimate of drug-likeness (QED) is 0.793. The second-order valence-corrected chi connectivity index (χ2v) is 6.15. The molecule has 6 nitrogen and oxygen atoms in total. The summed E-state index contributed by atoms with van der Waals surface area (Å²) in [5.41, 5.74) is 0.532. The van der Waals surface area contributed by atoms with E-state index in [0.717, 1.165) is 0 Å². The van der Waals surface area contributed by atoms with Gasteiger partial charge in [-0.25, -0.2) is 4.98 Å². The Morgan fingerprint density at radius 3 is 2.95 bits per heavy atom. The summed E-state index contributed by atoms with van der Waals surface area (Å²) in [6.07, 6.45) is 0.664. The summed E-state index contributed by atoms with van der Waals surface area (Å²) in [6, 6.07) is 1.41. The zero-order valence-electron chi connectivity index (χ0n) is 12.3. The van der Waals surface area contributed by atoms with Gasteiger partial charge >= 0.3 is 5.97 Å². The molecule has 0 bridgehead atoms. The number of fused-ring (bicyclic) bond motifs is 1. The average Bonchev–Trinajstić information content (AvgIpc) is 2.91. The molecular weight excluding hydrogens is 290 g/mol. The van der Waals surface area contributed by atoms with Gasteiger partial charge in [-0.05, 0) is 23.8 Å². The number of aromatic nitrogens is 2. The summed E-state index contributed by atoms with van der Waals surface area (Å²) in [6.45, 7) is 4.39. The largest absolute Gasteiger partial charge is 0.468 e. The number of thiophene rings is 1. The summed E-state index contributed by atoms with van der Waals surface area (Å²) >= 11 is 1.36. The minimum atomic E-state index is -0.404. The Hall–Kier alpha value is -1.73. The van der Waals surface area contributed by atoms with Crippen LogP contribution >= 0.6 is 11.3 Å². The van der Waals surface area contributed by atoms with Crippen molar-refractivity contribution in [2.45, 2.75) is 32.9 Å². The third-order valence-corrected chi connectivity index (χ3v) is 3.98. The number of H-pyrrole nitrogens is 1. The topological polar surface area (TPSA) is 84.1 Å². The van der Waals surface area contributed by atoms with E-state index in [1.165, 1.54) is 18.4 Å². The van der Waals surface area contributed by atoms with Crippen molar-refractivity contribution < 1.29 is 9.53 Å². The molecule has 0 aliphatic carbocycles. The molecule has 21 heavy (non-hydrogen) atoms. The van der Waals surface area contributed by atoms with Crippen LogP contribution in [0.15, 0.2) is 16.2 Å². The maximum absolute atomic E-state index is 11.9. The van der Waals surface area contributed by atoms with Crippen molar-refractivity contribution in [1.82, 2.24) is 15.3 Å². The number of nitrogens with zero attached hydrogens (tertiary/aromatic N) is 1. The highest BCUT2D eigenvalue weighted by Gasteiger charge is 2.20. The number of methoxy groups -OCH3 is 1. The van der Waals surface area contributed by atoms with Crippen LogP contribution in [0.3, 0.4) is 0 Å². The molecule has 0 fully saturated rings. The lowest BCUT2D eigenvalue weighted by Crippen LogP contribution is -2.38. The zero-order chi connectivity index (χ0) is 15.4. The highest BCUT2D eigenvalue weighted by Crippen LogP contribution is 2.13. The summed E-state index contributed by atoms with van der Waals surface area (Å²) in [5.74, 6) is 0.569. The summed E-state index contributed by atoms with van der Waals surface area (Å²) < 4.78 is 5.41. The molecule has 2 aromatic heterocycles. The number of esters is 1. The van der Waals surface area contributed by atoms with E-state index in [-0.39, 0.29) is 11.5 Å². The third kappa shape index (κ3) is 3.89.